The molecular weight excluding hydrogens is 272 g/mol. The maximum absolute atomic E-state index is 12.0. The number of ether oxygens (including phenoxy) is 1. The number of anilines is 1. The molecule has 1 aromatic rings. The zero-order chi connectivity index (χ0) is 15.5. The summed E-state index contributed by atoms with van der Waals surface area (Å²) in [5.74, 6) is -0.288. The molecule has 1 atom stereocenters. The van der Waals surface area contributed by atoms with E-state index >= 15 is 0 Å². The summed E-state index contributed by atoms with van der Waals surface area (Å²) in [7, 11) is 1.57. The molecule has 0 radical (unpaired) electrons. The average molecular weight is 292 g/mol. The van der Waals surface area contributed by atoms with E-state index in [9.17, 15) is 14.7 Å². The molecule has 1 amide bonds. The molecule has 2 rings (SSSR count). The van der Waals surface area contributed by atoms with Gasteiger partial charge < -0.3 is 15.2 Å². The van der Waals surface area contributed by atoms with Gasteiger partial charge in [0.05, 0.1) is 19.1 Å². The number of nitrogens with zero attached hydrogens (tertiary/aromatic N) is 1. The number of carboxylic acids is 1. The SMILES string of the molecule is COc1cccc(NC(=O)CN2CCC(C)(C(=O)O)C2)c1. The third-order valence-electron chi connectivity index (χ3n) is 3.79. The van der Waals surface area contributed by atoms with Crippen LogP contribution in [0.1, 0.15) is 13.3 Å². The molecule has 0 saturated carbocycles. The Morgan fingerprint density at radius 3 is 2.86 bits per heavy atom. The number of likely N-dealkylation sites (tertiary alicyclic amines) is 1. The quantitative estimate of drug-likeness (QED) is 0.858. The van der Waals surface area contributed by atoms with Crippen molar-refractivity contribution in [2.45, 2.75) is 13.3 Å². The number of rotatable bonds is 5. The molecular formula is C15H20N2O4. The molecule has 1 unspecified atom stereocenters. The van der Waals surface area contributed by atoms with Crippen LogP contribution in [0.25, 0.3) is 0 Å². The first kappa shape index (κ1) is 15.3. The number of nitrogens with one attached hydrogen (secondary N) is 1. The van der Waals surface area contributed by atoms with Crippen molar-refractivity contribution in [3.05, 3.63) is 24.3 Å². The van der Waals surface area contributed by atoms with E-state index in [0.29, 0.717) is 30.9 Å². The van der Waals surface area contributed by atoms with Crippen LogP contribution in [0.3, 0.4) is 0 Å². The van der Waals surface area contributed by atoms with E-state index in [-0.39, 0.29) is 12.5 Å². The Morgan fingerprint density at radius 1 is 1.48 bits per heavy atom. The molecule has 1 heterocycles. The van der Waals surface area contributed by atoms with Crippen molar-refractivity contribution < 1.29 is 19.4 Å². The zero-order valence-corrected chi connectivity index (χ0v) is 12.3. The number of methoxy groups -OCH3 is 1. The Balaban J connectivity index is 1.89. The van der Waals surface area contributed by atoms with Crippen molar-refractivity contribution in [2.75, 3.05) is 32.1 Å². The molecule has 114 valence electrons. The van der Waals surface area contributed by atoms with Crippen LogP contribution in [0.5, 0.6) is 5.75 Å². The van der Waals surface area contributed by atoms with Crippen LogP contribution in [0.2, 0.25) is 0 Å². The van der Waals surface area contributed by atoms with E-state index in [1.54, 1.807) is 38.3 Å². The molecule has 0 aromatic heterocycles. The molecule has 0 aliphatic carbocycles. The summed E-state index contributed by atoms with van der Waals surface area (Å²) in [6.45, 7) is 2.93. The van der Waals surface area contributed by atoms with Gasteiger partial charge in [0, 0.05) is 18.3 Å². The summed E-state index contributed by atoms with van der Waals surface area (Å²) in [6, 6.07) is 7.12. The fraction of sp³-hybridized carbons (Fsp3) is 0.467. The van der Waals surface area contributed by atoms with Crippen molar-refractivity contribution in [3.63, 3.8) is 0 Å². The van der Waals surface area contributed by atoms with E-state index in [2.05, 4.69) is 5.32 Å². The number of hydrogen-bond acceptors (Lipinski definition) is 4. The Bertz CT molecular complexity index is 546. The lowest BCUT2D eigenvalue weighted by Crippen LogP contribution is -2.35. The lowest BCUT2D eigenvalue weighted by Gasteiger charge is -2.19. The Hall–Kier alpha value is -2.08. The van der Waals surface area contributed by atoms with Crippen molar-refractivity contribution in [3.8, 4) is 5.75 Å². The molecule has 0 bridgehead atoms. The molecule has 1 saturated heterocycles. The molecule has 21 heavy (non-hydrogen) atoms. The van der Waals surface area contributed by atoms with Crippen LogP contribution in [0.15, 0.2) is 24.3 Å². The minimum atomic E-state index is -0.807. The zero-order valence-electron chi connectivity index (χ0n) is 12.3. The van der Waals surface area contributed by atoms with E-state index in [1.165, 1.54) is 0 Å². The average Bonchev–Trinajstić information content (AvgIpc) is 2.81. The smallest absolute Gasteiger partial charge is 0.310 e. The first-order chi connectivity index (χ1) is 9.93. The second-order valence-electron chi connectivity index (χ2n) is 5.61. The predicted octanol–water partition coefficient (Wildman–Crippen LogP) is 1.43. The molecule has 1 aliphatic heterocycles. The molecule has 2 N–H and O–H groups in total. The lowest BCUT2D eigenvalue weighted by molar-refractivity contribution is -0.147. The van der Waals surface area contributed by atoms with Crippen LogP contribution in [0, 0.1) is 5.41 Å². The third-order valence-corrected chi connectivity index (χ3v) is 3.79. The number of benzene rings is 1. The standard InChI is InChI=1S/C15H20N2O4/c1-15(14(19)20)6-7-17(10-15)9-13(18)16-11-4-3-5-12(8-11)21-2/h3-5,8H,6-7,9-10H2,1-2H3,(H,16,18)(H,19,20). The number of carbonyl (C=O) groups excluding carboxylic acids is 1. The Morgan fingerprint density at radius 2 is 2.24 bits per heavy atom. The van der Waals surface area contributed by atoms with E-state index in [0.717, 1.165) is 0 Å². The highest BCUT2D eigenvalue weighted by Crippen LogP contribution is 2.29. The highest BCUT2D eigenvalue weighted by atomic mass is 16.5. The van der Waals surface area contributed by atoms with Gasteiger partial charge in [-0.15, -0.1) is 0 Å². The largest absolute Gasteiger partial charge is 0.497 e. The Labute approximate surface area is 123 Å². The highest BCUT2D eigenvalue weighted by molar-refractivity contribution is 5.92. The molecule has 1 fully saturated rings. The first-order valence-electron chi connectivity index (χ1n) is 6.82. The summed E-state index contributed by atoms with van der Waals surface area (Å²) < 4.78 is 5.10. The Kier molecular flexibility index (Phi) is 4.47. The molecule has 6 heteroatoms. The number of carboxylic acid groups (broad SMARTS) is 1. The molecule has 1 aliphatic rings. The van der Waals surface area contributed by atoms with Crippen LogP contribution in [0.4, 0.5) is 5.69 Å². The van der Waals surface area contributed by atoms with Gasteiger partial charge in [-0.25, -0.2) is 0 Å². The minimum absolute atomic E-state index is 0.155. The summed E-state index contributed by atoms with van der Waals surface area (Å²) in [5.41, 5.74) is -0.0875. The summed E-state index contributed by atoms with van der Waals surface area (Å²) in [6.07, 6.45) is 0.564. The molecule has 6 nitrogen and oxygen atoms in total. The fourth-order valence-corrected chi connectivity index (χ4v) is 2.47. The normalized spacial score (nSPS) is 22.0. The maximum atomic E-state index is 12.0. The van der Waals surface area contributed by atoms with Gasteiger partial charge in [0.15, 0.2) is 0 Å². The molecule has 1 aromatic carbocycles. The number of hydrogen-bond donors (Lipinski definition) is 2. The van der Waals surface area contributed by atoms with Gasteiger partial charge in [0.1, 0.15) is 5.75 Å². The maximum Gasteiger partial charge on any atom is 0.310 e. The fourth-order valence-electron chi connectivity index (χ4n) is 2.47. The third kappa shape index (κ3) is 3.72. The monoisotopic (exact) mass is 292 g/mol. The minimum Gasteiger partial charge on any atom is -0.497 e. The summed E-state index contributed by atoms with van der Waals surface area (Å²) in [4.78, 5) is 25.0. The van der Waals surface area contributed by atoms with Gasteiger partial charge in [-0.1, -0.05) is 6.07 Å². The number of carbonyl (C=O) groups is 2. The van der Waals surface area contributed by atoms with Crippen molar-refractivity contribution in [1.29, 1.82) is 0 Å². The van der Waals surface area contributed by atoms with E-state index in [4.69, 9.17) is 4.74 Å². The van der Waals surface area contributed by atoms with Crippen LogP contribution in [-0.2, 0) is 9.59 Å². The van der Waals surface area contributed by atoms with Gasteiger partial charge in [0.2, 0.25) is 5.91 Å². The first-order valence-corrected chi connectivity index (χ1v) is 6.82. The molecule has 0 spiro atoms. The van der Waals surface area contributed by atoms with Gasteiger partial charge in [-0.3, -0.25) is 14.5 Å². The number of amides is 1. The summed E-state index contributed by atoms with van der Waals surface area (Å²) in [5, 5.41) is 12.0. The van der Waals surface area contributed by atoms with Crippen LogP contribution >= 0.6 is 0 Å². The topological polar surface area (TPSA) is 78.9 Å². The van der Waals surface area contributed by atoms with Gasteiger partial charge in [0.25, 0.3) is 0 Å². The van der Waals surface area contributed by atoms with Gasteiger partial charge in [-0.2, -0.15) is 0 Å². The van der Waals surface area contributed by atoms with Crippen molar-refractivity contribution >= 4 is 17.6 Å². The van der Waals surface area contributed by atoms with Crippen molar-refractivity contribution in [1.82, 2.24) is 4.90 Å². The van der Waals surface area contributed by atoms with Gasteiger partial charge in [-0.05, 0) is 32.0 Å². The number of aliphatic carboxylic acids is 1. The van der Waals surface area contributed by atoms with E-state index in [1.807, 2.05) is 4.90 Å². The lowest BCUT2D eigenvalue weighted by atomic mass is 9.90. The highest BCUT2D eigenvalue weighted by Gasteiger charge is 2.40. The van der Waals surface area contributed by atoms with Crippen LogP contribution in [-0.4, -0.2) is 48.6 Å². The van der Waals surface area contributed by atoms with Crippen molar-refractivity contribution in [2.24, 2.45) is 5.41 Å². The van der Waals surface area contributed by atoms with Crippen LogP contribution < -0.4 is 10.1 Å². The predicted molar refractivity (Wildman–Crippen MR) is 78.4 cm³/mol. The second kappa shape index (κ2) is 6.13. The second-order valence-corrected chi connectivity index (χ2v) is 5.61. The van der Waals surface area contributed by atoms with Gasteiger partial charge >= 0.3 is 5.97 Å². The summed E-state index contributed by atoms with van der Waals surface area (Å²) >= 11 is 0. The van der Waals surface area contributed by atoms with E-state index < -0.39 is 11.4 Å².